The van der Waals surface area contributed by atoms with E-state index in [1.54, 1.807) is 0 Å². The molecular formula is C15H28N2O. The van der Waals surface area contributed by atoms with E-state index in [2.05, 4.69) is 31.0 Å². The zero-order valence-corrected chi connectivity index (χ0v) is 12.1. The molecule has 2 unspecified atom stereocenters. The van der Waals surface area contributed by atoms with Gasteiger partial charge >= 0.3 is 0 Å². The van der Waals surface area contributed by atoms with Gasteiger partial charge in [0.1, 0.15) is 0 Å². The molecule has 0 radical (unpaired) electrons. The minimum Gasteiger partial charge on any atom is -0.339 e. The molecule has 1 amide bonds. The van der Waals surface area contributed by atoms with E-state index in [1.807, 2.05) is 0 Å². The molecular weight excluding hydrogens is 224 g/mol. The maximum absolute atomic E-state index is 12.5. The Morgan fingerprint density at radius 3 is 2.17 bits per heavy atom. The lowest BCUT2D eigenvalue weighted by Crippen LogP contribution is -2.57. The molecule has 2 aliphatic rings. The molecule has 3 nitrogen and oxygen atoms in total. The lowest BCUT2D eigenvalue weighted by atomic mass is 9.80. The topological polar surface area (TPSA) is 32.3 Å². The van der Waals surface area contributed by atoms with Crippen molar-refractivity contribution in [1.29, 1.82) is 0 Å². The molecule has 104 valence electrons. The summed E-state index contributed by atoms with van der Waals surface area (Å²) >= 11 is 0. The number of piperazine rings is 1. The Morgan fingerprint density at radius 2 is 1.67 bits per heavy atom. The monoisotopic (exact) mass is 252 g/mol. The van der Waals surface area contributed by atoms with Gasteiger partial charge < -0.3 is 10.2 Å². The van der Waals surface area contributed by atoms with Gasteiger partial charge in [0.05, 0.1) is 0 Å². The average molecular weight is 252 g/mol. The largest absolute Gasteiger partial charge is 0.339 e. The molecule has 0 aromatic rings. The van der Waals surface area contributed by atoms with Gasteiger partial charge in [-0.2, -0.15) is 0 Å². The third kappa shape index (κ3) is 3.25. The second kappa shape index (κ2) is 6.05. The minimum atomic E-state index is 0.310. The zero-order chi connectivity index (χ0) is 13.1. The summed E-state index contributed by atoms with van der Waals surface area (Å²) in [6, 6.07) is 0.870. The van der Waals surface area contributed by atoms with Crippen LogP contribution in [0.4, 0.5) is 0 Å². The van der Waals surface area contributed by atoms with Crippen LogP contribution in [0.3, 0.4) is 0 Å². The summed E-state index contributed by atoms with van der Waals surface area (Å²) in [7, 11) is 0. The van der Waals surface area contributed by atoms with Crippen LogP contribution in [-0.4, -0.2) is 36.0 Å². The SMILES string of the molecule is CCC1CCC(C(=O)N2CC(C)NC(C)C2)CC1. The first-order valence-corrected chi connectivity index (χ1v) is 7.65. The summed E-state index contributed by atoms with van der Waals surface area (Å²) in [4.78, 5) is 14.6. The molecule has 1 heterocycles. The van der Waals surface area contributed by atoms with Crippen LogP contribution in [0.25, 0.3) is 0 Å². The van der Waals surface area contributed by atoms with Crippen LogP contribution in [0.15, 0.2) is 0 Å². The molecule has 1 saturated heterocycles. The number of rotatable bonds is 2. The van der Waals surface area contributed by atoms with Gasteiger partial charge in [0, 0.05) is 31.1 Å². The standard InChI is InChI=1S/C15H28N2O/c1-4-13-5-7-14(8-6-13)15(18)17-9-11(2)16-12(3)10-17/h11-14,16H,4-10H2,1-3H3. The van der Waals surface area contributed by atoms with E-state index in [1.165, 1.54) is 19.3 Å². The molecule has 2 rings (SSSR count). The highest BCUT2D eigenvalue weighted by molar-refractivity contribution is 5.79. The summed E-state index contributed by atoms with van der Waals surface area (Å²) in [6.45, 7) is 8.38. The number of hydrogen-bond donors (Lipinski definition) is 1. The summed E-state index contributed by atoms with van der Waals surface area (Å²) < 4.78 is 0. The van der Waals surface area contributed by atoms with Gasteiger partial charge in [-0.25, -0.2) is 0 Å². The fourth-order valence-electron chi connectivity index (χ4n) is 3.58. The Bertz CT molecular complexity index is 274. The molecule has 0 bridgehead atoms. The third-order valence-electron chi connectivity index (χ3n) is 4.64. The normalized spacial score (nSPS) is 37.6. The van der Waals surface area contributed by atoms with Gasteiger partial charge in [-0.15, -0.1) is 0 Å². The van der Waals surface area contributed by atoms with Crippen molar-refractivity contribution < 1.29 is 4.79 Å². The van der Waals surface area contributed by atoms with Crippen molar-refractivity contribution in [3.63, 3.8) is 0 Å². The number of nitrogens with one attached hydrogen (secondary N) is 1. The fraction of sp³-hybridized carbons (Fsp3) is 0.933. The Hall–Kier alpha value is -0.570. The van der Waals surface area contributed by atoms with Crippen LogP contribution >= 0.6 is 0 Å². The zero-order valence-electron chi connectivity index (χ0n) is 12.1. The van der Waals surface area contributed by atoms with Crippen molar-refractivity contribution in [2.24, 2.45) is 11.8 Å². The number of amides is 1. The Labute approximate surface area is 111 Å². The van der Waals surface area contributed by atoms with Gasteiger partial charge in [-0.3, -0.25) is 4.79 Å². The van der Waals surface area contributed by atoms with Crippen molar-refractivity contribution in [3.05, 3.63) is 0 Å². The second-order valence-electron chi connectivity index (χ2n) is 6.34. The molecule has 2 atom stereocenters. The van der Waals surface area contributed by atoms with Crippen LogP contribution in [-0.2, 0) is 4.79 Å². The molecule has 3 heteroatoms. The van der Waals surface area contributed by atoms with Gasteiger partial charge in [-0.05, 0) is 45.4 Å². The molecule has 2 fully saturated rings. The van der Waals surface area contributed by atoms with Crippen molar-refractivity contribution in [2.45, 2.75) is 65.0 Å². The van der Waals surface area contributed by atoms with Crippen LogP contribution < -0.4 is 5.32 Å². The van der Waals surface area contributed by atoms with Crippen molar-refractivity contribution in [2.75, 3.05) is 13.1 Å². The maximum Gasteiger partial charge on any atom is 0.225 e. The van der Waals surface area contributed by atoms with Gasteiger partial charge in [-0.1, -0.05) is 13.3 Å². The lowest BCUT2D eigenvalue weighted by molar-refractivity contribution is -0.138. The highest BCUT2D eigenvalue weighted by Crippen LogP contribution is 2.31. The van der Waals surface area contributed by atoms with E-state index in [4.69, 9.17) is 0 Å². The Morgan fingerprint density at radius 1 is 1.11 bits per heavy atom. The predicted molar refractivity (Wildman–Crippen MR) is 74.4 cm³/mol. The maximum atomic E-state index is 12.5. The molecule has 18 heavy (non-hydrogen) atoms. The Balaban J connectivity index is 1.87. The highest BCUT2D eigenvalue weighted by Gasteiger charge is 2.32. The van der Waals surface area contributed by atoms with Crippen LogP contribution in [0, 0.1) is 11.8 Å². The van der Waals surface area contributed by atoms with Gasteiger partial charge in [0.15, 0.2) is 0 Å². The van der Waals surface area contributed by atoms with E-state index in [-0.39, 0.29) is 0 Å². The first kappa shape index (κ1) is 13.9. The number of carbonyl (C=O) groups excluding carboxylic acids is 1. The molecule has 0 aromatic carbocycles. The fourth-order valence-corrected chi connectivity index (χ4v) is 3.58. The van der Waals surface area contributed by atoms with Crippen molar-refractivity contribution >= 4 is 5.91 Å². The summed E-state index contributed by atoms with van der Waals surface area (Å²) in [5.74, 6) is 1.60. The molecule has 1 aliphatic heterocycles. The summed E-state index contributed by atoms with van der Waals surface area (Å²) in [5, 5.41) is 3.49. The van der Waals surface area contributed by atoms with Gasteiger partial charge in [0.25, 0.3) is 0 Å². The van der Waals surface area contributed by atoms with Crippen LogP contribution in [0.5, 0.6) is 0 Å². The minimum absolute atomic E-state index is 0.310. The van der Waals surface area contributed by atoms with Gasteiger partial charge in [0.2, 0.25) is 5.91 Å². The quantitative estimate of drug-likeness (QED) is 0.818. The number of nitrogens with zero attached hydrogens (tertiary/aromatic N) is 1. The molecule has 1 aliphatic carbocycles. The molecule has 0 aromatic heterocycles. The van der Waals surface area contributed by atoms with E-state index < -0.39 is 0 Å². The second-order valence-corrected chi connectivity index (χ2v) is 6.34. The van der Waals surface area contributed by atoms with E-state index in [0.29, 0.717) is 23.9 Å². The number of carbonyl (C=O) groups is 1. The highest BCUT2D eigenvalue weighted by atomic mass is 16.2. The molecule has 1 saturated carbocycles. The Kier molecular flexibility index (Phi) is 4.66. The smallest absolute Gasteiger partial charge is 0.225 e. The summed E-state index contributed by atoms with van der Waals surface area (Å²) in [5.41, 5.74) is 0. The lowest BCUT2D eigenvalue weighted by Gasteiger charge is -2.39. The number of hydrogen-bond acceptors (Lipinski definition) is 2. The van der Waals surface area contributed by atoms with Crippen molar-refractivity contribution in [3.8, 4) is 0 Å². The van der Waals surface area contributed by atoms with Crippen molar-refractivity contribution in [1.82, 2.24) is 10.2 Å². The van der Waals surface area contributed by atoms with Crippen LogP contribution in [0.2, 0.25) is 0 Å². The average Bonchev–Trinajstić information content (AvgIpc) is 2.37. The molecule has 1 N–H and O–H groups in total. The first-order valence-electron chi connectivity index (χ1n) is 7.65. The third-order valence-corrected chi connectivity index (χ3v) is 4.64. The van der Waals surface area contributed by atoms with E-state index >= 15 is 0 Å². The first-order chi connectivity index (χ1) is 8.60. The summed E-state index contributed by atoms with van der Waals surface area (Å²) in [6.07, 6.45) is 6.02. The van der Waals surface area contributed by atoms with E-state index in [9.17, 15) is 4.79 Å². The molecule has 0 spiro atoms. The van der Waals surface area contributed by atoms with Crippen LogP contribution in [0.1, 0.15) is 52.9 Å². The predicted octanol–water partition coefficient (Wildman–Crippen LogP) is 2.41. The van der Waals surface area contributed by atoms with E-state index in [0.717, 1.165) is 31.8 Å².